The van der Waals surface area contributed by atoms with Gasteiger partial charge in [0.15, 0.2) is 0 Å². The maximum absolute atomic E-state index is 11.2. The molecule has 1 aliphatic carbocycles. The highest BCUT2D eigenvalue weighted by Gasteiger charge is 2.31. The Labute approximate surface area is 106 Å². The Hall–Kier alpha value is -1.22. The van der Waals surface area contributed by atoms with Crippen LogP contribution in [0.1, 0.15) is 30.1 Å². The minimum atomic E-state index is -0.911. The summed E-state index contributed by atoms with van der Waals surface area (Å²) >= 11 is 5.95. The average Bonchev–Trinajstić information content (AvgIpc) is 3.10. The van der Waals surface area contributed by atoms with E-state index in [1.165, 1.54) is 12.8 Å². The third-order valence-electron chi connectivity index (χ3n) is 3.49. The summed E-state index contributed by atoms with van der Waals surface area (Å²) in [7, 11) is 1.93. The van der Waals surface area contributed by atoms with Crippen LogP contribution in [0.5, 0.6) is 0 Å². The Morgan fingerprint density at radius 3 is 2.71 bits per heavy atom. The van der Waals surface area contributed by atoms with Crippen LogP contribution in [-0.2, 0) is 0 Å². The zero-order valence-corrected chi connectivity index (χ0v) is 10.7. The Morgan fingerprint density at radius 2 is 2.18 bits per heavy atom. The zero-order chi connectivity index (χ0) is 12.6. The summed E-state index contributed by atoms with van der Waals surface area (Å²) in [5.41, 5.74) is 1.01. The van der Waals surface area contributed by atoms with Crippen LogP contribution in [0.3, 0.4) is 0 Å². The Kier molecular flexibility index (Phi) is 3.29. The van der Waals surface area contributed by atoms with E-state index in [9.17, 15) is 9.90 Å². The molecule has 1 aromatic carbocycles. The molecule has 1 atom stereocenters. The number of aromatic carboxylic acids is 1. The number of benzene rings is 1. The van der Waals surface area contributed by atoms with E-state index >= 15 is 0 Å². The highest BCUT2D eigenvalue weighted by atomic mass is 35.5. The first-order valence-electron chi connectivity index (χ1n) is 5.76. The molecule has 1 aliphatic rings. The molecule has 1 saturated carbocycles. The van der Waals surface area contributed by atoms with Crippen LogP contribution < -0.4 is 4.90 Å². The van der Waals surface area contributed by atoms with Gasteiger partial charge < -0.3 is 10.0 Å². The second kappa shape index (κ2) is 4.57. The van der Waals surface area contributed by atoms with Crippen molar-refractivity contribution >= 4 is 23.3 Å². The Bertz CT molecular complexity index is 443. The first kappa shape index (κ1) is 12.2. The average molecular weight is 254 g/mol. The molecule has 1 N–H and O–H groups in total. The number of carboxylic acid groups (broad SMARTS) is 1. The summed E-state index contributed by atoms with van der Waals surface area (Å²) in [5.74, 6) is -0.229. The number of hydrogen-bond acceptors (Lipinski definition) is 2. The largest absolute Gasteiger partial charge is 0.478 e. The molecule has 1 unspecified atom stereocenters. The van der Waals surface area contributed by atoms with Gasteiger partial charge in [0.1, 0.15) is 0 Å². The van der Waals surface area contributed by atoms with Crippen molar-refractivity contribution < 1.29 is 9.90 Å². The van der Waals surface area contributed by atoms with Crippen molar-refractivity contribution in [3.05, 3.63) is 28.8 Å². The van der Waals surface area contributed by atoms with E-state index in [4.69, 9.17) is 11.6 Å². The molecule has 0 saturated heterocycles. The molecule has 17 heavy (non-hydrogen) atoms. The summed E-state index contributed by atoms with van der Waals surface area (Å²) in [4.78, 5) is 13.2. The molecule has 0 radical (unpaired) electrons. The molecule has 4 heteroatoms. The maximum Gasteiger partial charge on any atom is 0.337 e. The molecule has 0 aliphatic heterocycles. The van der Waals surface area contributed by atoms with Gasteiger partial charge in [0.2, 0.25) is 0 Å². The van der Waals surface area contributed by atoms with Crippen LogP contribution >= 0.6 is 11.6 Å². The van der Waals surface area contributed by atoms with E-state index in [1.807, 2.05) is 11.9 Å². The van der Waals surface area contributed by atoms with Gasteiger partial charge >= 0.3 is 5.97 Å². The summed E-state index contributed by atoms with van der Waals surface area (Å²) in [6.07, 6.45) is 2.46. The first-order valence-corrected chi connectivity index (χ1v) is 6.14. The molecular weight excluding hydrogens is 238 g/mol. The molecule has 1 fully saturated rings. The van der Waals surface area contributed by atoms with Gasteiger partial charge in [0, 0.05) is 18.1 Å². The van der Waals surface area contributed by atoms with Crippen LogP contribution in [0.25, 0.3) is 0 Å². The normalized spacial score (nSPS) is 16.6. The third-order valence-corrected chi connectivity index (χ3v) is 3.72. The summed E-state index contributed by atoms with van der Waals surface area (Å²) < 4.78 is 0. The monoisotopic (exact) mass is 253 g/mol. The van der Waals surface area contributed by atoms with Gasteiger partial charge in [-0.3, -0.25) is 0 Å². The van der Waals surface area contributed by atoms with Gasteiger partial charge in [0.05, 0.1) is 11.3 Å². The number of anilines is 1. The van der Waals surface area contributed by atoms with Crippen molar-refractivity contribution in [3.63, 3.8) is 0 Å². The Morgan fingerprint density at radius 1 is 1.53 bits per heavy atom. The molecule has 0 heterocycles. The molecule has 0 amide bonds. The van der Waals surface area contributed by atoms with Crippen LogP contribution in [0.15, 0.2) is 18.2 Å². The van der Waals surface area contributed by atoms with Crippen LogP contribution in [0.4, 0.5) is 5.69 Å². The number of hydrogen-bond donors (Lipinski definition) is 1. The van der Waals surface area contributed by atoms with Crippen molar-refractivity contribution in [2.24, 2.45) is 5.92 Å². The summed E-state index contributed by atoms with van der Waals surface area (Å²) in [6.45, 7) is 2.13. The van der Waals surface area contributed by atoms with Crippen molar-refractivity contribution in [1.29, 1.82) is 0 Å². The second-order valence-electron chi connectivity index (χ2n) is 4.66. The topological polar surface area (TPSA) is 40.5 Å². The third kappa shape index (κ3) is 2.55. The van der Waals surface area contributed by atoms with E-state index in [-0.39, 0.29) is 0 Å². The lowest BCUT2D eigenvalue weighted by Gasteiger charge is -2.28. The molecular formula is C13H16ClNO2. The fraction of sp³-hybridized carbons (Fsp3) is 0.462. The standard InChI is InChI=1S/C13H16ClNO2/c1-8(9-3-4-9)15(2)12-7-10(14)5-6-11(12)13(16)17/h5-9H,3-4H2,1-2H3,(H,16,17). The quantitative estimate of drug-likeness (QED) is 0.895. The SMILES string of the molecule is CC(C1CC1)N(C)c1cc(Cl)ccc1C(=O)O. The minimum Gasteiger partial charge on any atom is -0.478 e. The fourth-order valence-corrected chi connectivity index (χ4v) is 2.26. The van der Waals surface area contributed by atoms with Gasteiger partial charge in [-0.15, -0.1) is 0 Å². The summed E-state index contributed by atoms with van der Waals surface area (Å²) in [5, 5.41) is 9.74. The van der Waals surface area contributed by atoms with E-state index in [0.29, 0.717) is 28.2 Å². The lowest BCUT2D eigenvalue weighted by atomic mass is 10.1. The molecule has 0 aromatic heterocycles. The number of carbonyl (C=O) groups is 1. The predicted molar refractivity (Wildman–Crippen MR) is 69.0 cm³/mol. The fourth-order valence-electron chi connectivity index (χ4n) is 2.09. The number of rotatable bonds is 4. The zero-order valence-electron chi connectivity index (χ0n) is 9.98. The molecule has 0 bridgehead atoms. The van der Waals surface area contributed by atoms with Crippen LogP contribution in [-0.4, -0.2) is 24.2 Å². The van der Waals surface area contributed by atoms with Gasteiger partial charge in [-0.1, -0.05) is 11.6 Å². The molecule has 3 nitrogen and oxygen atoms in total. The van der Waals surface area contributed by atoms with Crippen LogP contribution in [0, 0.1) is 5.92 Å². The highest BCUT2D eigenvalue weighted by Crippen LogP contribution is 2.37. The van der Waals surface area contributed by atoms with E-state index in [1.54, 1.807) is 18.2 Å². The van der Waals surface area contributed by atoms with Gasteiger partial charge in [0.25, 0.3) is 0 Å². The number of nitrogens with zero attached hydrogens (tertiary/aromatic N) is 1. The Balaban J connectivity index is 2.34. The molecule has 92 valence electrons. The smallest absolute Gasteiger partial charge is 0.337 e. The van der Waals surface area contributed by atoms with E-state index in [2.05, 4.69) is 6.92 Å². The summed E-state index contributed by atoms with van der Waals surface area (Å²) in [6, 6.07) is 5.26. The molecule has 1 aromatic rings. The highest BCUT2D eigenvalue weighted by molar-refractivity contribution is 6.31. The minimum absolute atomic E-state index is 0.310. The molecule has 0 spiro atoms. The molecule has 2 rings (SSSR count). The van der Waals surface area contributed by atoms with Gasteiger partial charge in [-0.05, 0) is 43.9 Å². The lowest BCUT2D eigenvalue weighted by Crippen LogP contribution is -2.31. The van der Waals surface area contributed by atoms with E-state index in [0.717, 1.165) is 0 Å². The predicted octanol–water partition coefficient (Wildman–Crippen LogP) is 3.27. The maximum atomic E-state index is 11.2. The number of halogens is 1. The van der Waals surface area contributed by atoms with Gasteiger partial charge in [-0.2, -0.15) is 0 Å². The van der Waals surface area contributed by atoms with Crippen LogP contribution in [0.2, 0.25) is 5.02 Å². The second-order valence-corrected chi connectivity index (χ2v) is 5.09. The van der Waals surface area contributed by atoms with Crippen molar-refractivity contribution in [3.8, 4) is 0 Å². The van der Waals surface area contributed by atoms with Crippen molar-refractivity contribution in [1.82, 2.24) is 0 Å². The first-order chi connectivity index (χ1) is 8.00. The van der Waals surface area contributed by atoms with Crippen molar-refractivity contribution in [2.45, 2.75) is 25.8 Å². The van der Waals surface area contributed by atoms with Gasteiger partial charge in [-0.25, -0.2) is 4.79 Å². The van der Waals surface area contributed by atoms with Crippen molar-refractivity contribution in [2.75, 3.05) is 11.9 Å². The number of carboxylic acids is 1. The van der Waals surface area contributed by atoms with E-state index < -0.39 is 5.97 Å². The lowest BCUT2D eigenvalue weighted by molar-refractivity contribution is 0.0697.